The molecule has 6 heteroatoms. The van der Waals surface area contributed by atoms with Crippen molar-refractivity contribution >= 4 is 23.2 Å². The van der Waals surface area contributed by atoms with Gasteiger partial charge in [0.1, 0.15) is 11.5 Å². The molecule has 0 amide bonds. The second kappa shape index (κ2) is 8.17. The Morgan fingerprint density at radius 2 is 1.81 bits per heavy atom. The fourth-order valence-corrected chi connectivity index (χ4v) is 2.97. The molecule has 1 aromatic rings. The first-order valence-electron chi connectivity index (χ1n) is 8.50. The van der Waals surface area contributed by atoms with E-state index in [1.54, 1.807) is 31.4 Å². The number of aliphatic hydroxyl groups excluding tert-OH is 1. The number of carbonyl (C=O) groups excluding carboxylic acids is 2. The summed E-state index contributed by atoms with van der Waals surface area (Å²) < 4.78 is 9.73. The summed E-state index contributed by atoms with van der Waals surface area (Å²) in [6.45, 7) is 3.99. The summed E-state index contributed by atoms with van der Waals surface area (Å²) in [6.07, 6.45) is 0.947. The third-order valence-electron chi connectivity index (χ3n) is 4.27. The zero-order valence-electron chi connectivity index (χ0n) is 15.7. The van der Waals surface area contributed by atoms with Gasteiger partial charge < -0.3 is 14.6 Å². The number of carbonyl (C=O) groups is 2. The standard InChI is InChI=1S/C20H25NO5/c1-20(2)11-15(21-13-5-7-14(25-3)8-6-13)19(17(23)12-20)16(22)9-10-18(24)26-4/h5-8,22H,9-12H2,1-4H3/b19-16+,21-15?. The van der Waals surface area contributed by atoms with Gasteiger partial charge in [0.05, 0.1) is 37.6 Å². The minimum absolute atomic E-state index is 0.0122. The molecule has 0 spiro atoms. The van der Waals surface area contributed by atoms with E-state index in [1.165, 1.54) is 7.11 Å². The Morgan fingerprint density at radius 1 is 1.15 bits per heavy atom. The Labute approximate surface area is 153 Å². The van der Waals surface area contributed by atoms with E-state index in [1.807, 2.05) is 13.8 Å². The molecule has 1 saturated carbocycles. The number of benzene rings is 1. The number of aliphatic hydroxyl groups is 1. The third-order valence-corrected chi connectivity index (χ3v) is 4.27. The van der Waals surface area contributed by atoms with E-state index in [2.05, 4.69) is 9.73 Å². The maximum absolute atomic E-state index is 12.6. The highest BCUT2D eigenvalue weighted by Gasteiger charge is 2.36. The topological polar surface area (TPSA) is 85.2 Å². The van der Waals surface area contributed by atoms with Crippen molar-refractivity contribution in [2.45, 2.75) is 39.5 Å². The molecule has 0 radical (unpaired) electrons. The van der Waals surface area contributed by atoms with Crippen LogP contribution >= 0.6 is 0 Å². The first kappa shape index (κ1) is 19.7. The lowest BCUT2D eigenvalue weighted by atomic mass is 9.73. The summed E-state index contributed by atoms with van der Waals surface area (Å²) in [5.74, 6) is 0.0131. The van der Waals surface area contributed by atoms with Crippen LogP contribution < -0.4 is 4.74 Å². The van der Waals surface area contributed by atoms with Crippen LogP contribution in [0.25, 0.3) is 0 Å². The number of hydrogen-bond donors (Lipinski definition) is 1. The first-order valence-corrected chi connectivity index (χ1v) is 8.50. The number of ether oxygens (including phenoxy) is 2. The van der Waals surface area contributed by atoms with E-state index in [-0.39, 0.29) is 35.4 Å². The fraction of sp³-hybridized carbons (Fsp3) is 0.450. The number of methoxy groups -OCH3 is 2. The molecule has 6 nitrogen and oxygen atoms in total. The Balaban J connectivity index is 2.39. The molecule has 0 saturated heterocycles. The summed E-state index contributed by atoms with van der Waals surface area (Å²) in [5.41, 5.74) is 1.20. The molecule has 1 aliphatic rings. The minimum Gasteiger partial charge on any atom is -0.511 e. The van der Waals surface area contributed by atoms with Crippen molar-refractivity contribution in [2.75, 3.05) is 14.2 Å². The number of nitrogens with zero attached hydrogens (tertiary/aromatic N) is 1. The third kappa shape index (κ3) is 4.94. The van der Waals surface area contributed by atoms with Crippen molar-refractivity contribution < 1.29 is 24.2 Å². The Kier molecular flexibility index (Phi) is 6.18. The average molecular weight is 359 g/mol. The van der Waals surface area contributed by atoms with E-state index >= 15 is 0 Å². The van der Waals surface area contributed by atoms with Crippen molar-refractivity contribution in [3.63, 3.8) is 0 Å². The highest BCUT2D eigenvalue weighted by atomic mass is 16.5. The summed E-state index contributed by atoms with van der Waals surface area (Å²) >= 11 is 0. The molecular formula is C20H25NO5. The first-order chi connectivity index (χ1) is 12.3. The van der Waals surface area contributed by atoms with Crippen molar-refractivity contribution in [1.82, 2.24) is 0 Å². The number of ketones is 1. The smallest absolute Gasteiger partial charge is 0.305 e. The summed E-state index contributed by atoms with van der Waals surface area (Å²) in [4.78, 5) is 28.6. The van der Waals surface area contributed by atoms with Crippen molar-refractivity contribution in [3.05, 3.63) is 35.6 Å². The molecule has 1 aliphatic carbocycles. The molecule has 1 N–H and O–H groups in total. The average Bonchev–Trinajstić information content (AvgIpc) is 2.58. The van der Waals surface area contributed by atoms with Crippen LogP contribution in [-0.2, 0) is 14.3 Å². The molecule has 1 fully saturated rings. The normalized spacial score (nSPS) is 20.0. The molecule has 0 atom stereocenters. The lowest BCUT2D eigenvalue weighted by molar-refractivity contribution is -0.140. The van der Waals surface area contributed by atoms with Gasteiger partial charge in [-0.1, -0.05) is 13.8 Å². The zero-order chi connectivity index (χ0) is 19.3. The molecular weight excluding hydrogens is 334 g/mol. The quantitative estimate of drug-likeness (QED) is 0.489. The Morgan fingerprint density at radius 3 is 2.38 bits per heavy atom. The highest BCUT2D eigenvalue weighted by Crippen LogP contribution is 2.37. The lowest BCUT2D eigenvalue weighted by Gasteiger charge is -2.31. The van der Waals surface area contributed by atoms with Gasteiger partial charge in [0.2, 0.25) is 0 Å². The van der Waals surface area contributed by atoms with Crippen LogP contribution in [-0.4, -0.2) is 36.8 Å². The Bertz CT molecular complexity index is 744. The van der Waals surface area contributed by atoms with Crippen LogP contribution in [0.1, 0.15) is 39.5 Å². The van der Waals surface area contributed by atoms with Gasteiger partial charge in [-0.05, 0) is 36.1 Å². The van der Waals surface area contributed by atoms with Gasteiger partial charge in [0, 0.05) is 12.8 Å². The van der Waals surface area contributed by atoms with E-state index < -0.39 is 5.97 Å². The maximum atomic E-state index is 12.6. The molecule has 140 valence electrons. The monoisotopic (exact) mass is 359 g/mol. The van der Waals surface area contributed by atoms with Crippen LogP contribution in [0.4, 0.5) is 5.69 Å². The maximum Gasteiger partial charge on any atom is 0.305 e. The molecule has 0 bridgehead atoms. The van der Waals surface area contributed by atoms with Crippen molar-refractivity contribution in [1.29, 1.82) is 0 Å². The van der Waals surface area contributed by atoms with Gasteiger partial charge in [-0.15, -0.1) is 0 Å². The summed E-state index contributed by atoms with van der Waals surface area (Å²) in [7, 11) is 2.88. The van der Waals surface area contributed by atoms with Crippen LogP contribution in [0.5, 0.6) is 5.75 Å². The molecule has 26 heavy (non-hydrogen) atoms. The zero-order valence-corrected chi connectivity index (χ0v) is 15.7. The summed E-state index contributed by atoms with van der Waals surface area (Å²) in [5, 5.41) is 10.4. The fourth-order valence-electron chi connectivity index (χ4n) is 2.97. The molecule has 1 aromatic carbocycles. The highest BCUT2D eigenvalue weighted by molar-refractivity contribution is 6.25. The second-order valence-corrected chi connectivity index (χ2v) is 7.10. The molecule has 0 heterocycles. The van der Waals surface area contributed by atoms with Crippen LogP contribution in [0, 0.1) is 5.41 Å². The summed E-state index contributed by atoms with van der Waals surface area (Å²) in [6, 6.07) is 7.16. The van der Waals surface area contributed by atoms with Gasteiger partial charge in [-0.3, -0.25) is 14.6 Å². The number of allylic oxidation sites excluding steroid dienone is 2. The van der Waals surface area contributed by atoms with Gasteiger partial charge in [-0.25, -0.2) is 0 Å². The van der Waals surface area contributed by atoms with E-state index in [4.69, 9.17) is 4.74 Å². The molecule has 0 aliphatic heterocycles. The van der Waals surface area contributed by atoms with Crippen LogP contribution in [0.15, 0.2) is 40.6 Å². The Hall–Kier alpha value is -2.63. The SMILES string of the molecule is COC(=O)CC/C(O)=C1\C(=O)CC(C)(C)CC1=Nc1ccc(OC)cc1. The number of rotatable bonds is 5. The van der Waals surface area contributed by atoms with Crippen molar-refractivity contribution in [3.8, 4) is 5.75 Å². The van der Waals surface area contributed by atoms with Gasteiger partial charge in [0.15, 0.2) is 5.78 Å². The number of Topliss-reactive ketones (excluding diaryl/α,β-unsaturated/α-hetero) is 1. The van der Waals surface area contributed by atoms with Crippen molar-refractivity contribution in [2.24, 2.45) is 10.4 Å². The number of esters is 1. The predicted octanol–water partition coefficient (Wildman–Crippen LogP) is 3.92. The van der Waals surface area contributed by atoms with Crippen LogP contribution in [0.3, 0.4) is 0 Å². The second-order valence-electron chi connectivity index (χ2n) is 7.10. The van der Waals surface area contributed by atoms with E-state index in [9.17, 15) is 14.7 Å². The van der Waals surface area contributed by atoms with Gasteiger partial charge in [0.25, 0.3) is 0 Å². The number of aliphatic imine (C=N–C) groups is 1. The molecule has 0 aromatic heterocycles. The lowest BCUT2D eigenvalue weighted by Crippen LogP contribution is -2.32. The van der Waals surface area contributed by atoms with Crippen LogP contribution in [0.2, 0.25) is 0 Å². The van der Waals surface area contributed by atoms with E-state index in [0.717, 1.165) is 0 Å². The van der Waals surface area contributed by atoms with E-state index in [0.29, 0.717) is 30.0 Å². The minimum atomic E-state index is -0.436. The molecule has 0 unspecified atom stereocenters. The predicted molar refractivity (Wildman–Crippen MR) is 99.0 cm³/mol. The number of hydrogen-bond acceptors (Lipinski definition) is 6. The van der Waals surface area contributed by atoms with Gasteiger partial charge in [-0.2, -0.15) is 0 Å². The molecule has 2 rings (SSSR count). The largest absolute Gasteiger partial charge is 0.511 e. The van der Waals surface area contributed by atoms with Gasteiger partial charge >= 0.3 is 5.97 Å².